The van der Waals surface area contributed by atoms with Crippen molar-refractivity contribution in [1.29, 1.82) is 5.26 Å². The van der Waals surface area contributed by atoms with E-state index in [4.69, 9.17) is 10.00 Å². The predicted octanol–water partition coefficient (Wildman–Crippen LogP) is 3.13. The number of aromatic nitrogens is 1. The molecular formula is C17H16F3N3O2. The Hall–Kier alpha value is -2.79. The zero-order valence-electron chi connectivity index (χ0n) is 13.3. The van der Waals surface area contributed by atoms with Crippen molar-refractivity contribution in [3.63, 3.8) is 0 Å². The maximum absolute atomic E-state index is 12.5. The van der Waals surface area contributed by atoms with Gasteiger partial charge >= 0.3 is 6.18 Å². The number of aliphatic hydroxyl groups excluding tert-OH is 1. The number of halogens is 3. The number of benzene rings is 1. The number of nitriles is 1. The minimum atomic E-state index is -4.40. The lowest BCUT2D eigenvalue weighted by Crippen LogP contribution is -2.26. The minimum Gasteiger partial charge on any atom is -0.491 e. The van der Waals surface area contributed by atoms with Gasteiger partial charge < -0.3 is 15.2 Å². The SMILES string of the molecule is Cc1ccc(NCC(O)COc2ccc(C(F)(F)F)cc2)nc1C#N. The first-order chi connectivity index (χ1) is 11.8. The van der Waals surface area contributed by atoms with Crippen LogP contribution in [0.4, 0.5) is 19.0 Å². The molecular weight excluding hydrogens is 335 g/mol. The molecule has 0 saturated heterocycles. The topological polar surface area (TPSA) is 78.2 Å². The Balaban J connectivity index is 1.83. The summed E-state index contributed by atoms with van der Waals surface area (Å²) in [6, 6.07) is 9.61. The van der Waals surface area contributed by atoms with Crippen LogP contribution in [0.1, 0.15) is 16.8 Å². The molecule has 1 aromatic carbocycles. The summed E-state index contributed by atoms with van der Waals surface area (Å²) in [5.74, 6) is 0.669. The number of hydrogen-bond donors (Lipinski definition) is 2. The molecule has 2 N–H and O–H groups in total. The lowest BCUT2D eigenvalue weighted by Gasteiger charge is -2.14. The van der Waals surface area contributed by atoms with Crippen molar-refractivity contribution in [3.8, 4) is 11.8 Å². The summed E-state index contributed by atoms with van der Waals surface area (Å²) < 4.78 is 42.6. The summed E-state index contributed by atoms with van der Waals surface area (Å²) in [6.07, 6.45) is -5.30. The number of pyridine rings is 1. The molecule has 0 aliphatic heterocycles. The Bertz CT molecular complexity index is 755. The fourth-order valence-corrected chi connectivity index (χ4v) is 1.95. The Morgan fingerprint density at radius 3 is 2.52 bits per heavy atom. The van der Waals surface area contributed by atoms with Crippen LogP contribution >= 0.6 is 0 Å². The van der Waals surface area contributed by atoms with E-state index in [1.807, 2.05) is 6.07 Å². The molecule has 2 rings (SSSR count). The zero-order chi connectivity index (χ0) is 18.4. The third kappa shape index (κ3) is 5.36. The molecule has 0 aliphatic rings. The van der Waals surface area contributed by atoms with Crippen molar-refractivity contribution in [2.75, 3.05) is 18.5 Å². The molecule has 0 bridgehead atoms. The summed E-state index contributed by atoms with van der Waals surface area (Å²) in [7, 11) is 0. The average Bonchev–Trinajstić information content (AvgIpc) is 2.58. The summed E-state index contributed by atoms with van der Waals surface area (Å²) in [5, 5.41) is 21.7. The van der Waals surface area contributed by atoms with Gasteiger partial charge in [-0.15, -0.1) is 0 Å². The second kappa shape index (κ2) is 7.85. The Labute approximate surface area is 142 Å². The molecule has 0 radical (unpaired) electrons. The van der Waals surface area contributed by atoms with Crippen LogP contribution in [0, 0.1) is 18.3 Å². The third-order valence-electron chi connectivity index (χ3n) is 3.35. The van der Waals surface area contributed by atoms with Gasteiger partial charge in [0.1, 0.15) is 36.0 Å². The molecule has 0 spiro atoms. The molecule has 1 atom stereocenters. The number of aryl methyl sites for hydroxylation is 1. The van der Waals surface area contributed by atoms with Gasteiger partial charge in [-0.25, -0.2) is 4.98 Å². The molecule has 132 valence electrons. The van der Waals surface area contributed by atoms with Gasteiger partial charge in [0.15, 0.2) is 0 Å². The summed E-state index contributed by atoms with van der Waals surface area (Å²) in [6.45, 7) is 1.78. The fraction of sp³-hybridized carbons (Fsp3) is 0.294. The van der Waals surface area contributed by atoms with E-state index in [-0.39, 0.29) is 18.9 Å². The van der Waals surface area contributed by atoms with Crippen molar-refractivity contribution in [3.05, 3.63) is 53.2 Å². The number of anilines is 1. The van der Waals surface area contributed by atoms with Gasteiger partial charge in [0, 0.05) is 6.54 Å². The number of alkyl halides is 3. The highest BCUT2D eigenvalue weighted by Crippen LogP contribution is 2.30. The highest BCUT2D eigenvalue weighted by Gasteiger charge is 2.30. The van der Waals surface area contributed by atoms with Crippen molar-refractivity contribution < 1.29 is 23.0 Å². The maximum atomic E-state index is 12.5. The standard InChI is InChI=1S/C17H16F3N3O2/c1-11-2-7-16(23-15(11)8-21)22-9-13(24)10-25-14-5-3-12(4-6-14)17(18,19)20/h2-7,13,24H,9-10H2,1H3,(H,22,23). The molecule has 1 heterocycles. The number of rotatable bonds is 6. The van der Waals surface area contributed by atoms with Crippen LogP contribution in [0.25, 0.3) is 0 Å². The van der Waals surface area contributed by atoms with E-state index in [9.17, 15) is 18.3 Å². The largest absolute Gasteiger partial charge is 0.491 e. The first-order valence-corrected chi connectivity index (χ1v) is 7.39. The van der Waals surface area contributed by atoms with Crippen molar-refractivity contribution in [1.82, 2.24) is 4.98 Å². The van der Waals surface area contributed by atoms with E-state index in [1.165, 1.54) is 12.1 Å². The van der Waals surface area contributed by atoms with Gasteiger partial charge in [0.2, 0.25) is 0 Å². The van der Waals surface area contributed by atoms with Crippen LogP contribution in [0.3, 0.4) is 0 Å². The number of hydrogen-bond acceptors (Lipinski definition) is 5. The van der Waals surface area contributed by atoms with E-state index < -0.39 is 17.8 Å². The number of ether oxygens (including phenoxy) is 1. The molecule has 5 nitrogen and oxygen atoms in total. The van der Waals surface area contributed by atoms with Crippen molar-refractivity contribution >= 4 is 5.82 Å². The zero-order valence-corrected chi connectivity index (χ0v) is 13.3. The van der Waals surface area contributed by atoms with Crippen LogP contribution in [0.5, 0.6) is 5.75 Å². The first kappa shape index (κ1) is 18.5. The van der Waals surface area contributed by atoms with E-state index >= 15 is 0 Å². The maximum Gasteiger partial charge on any atom is 0.416 e. The summed E-state index contributed by atoms with van der Waals surface area (Å²) in [5.41, 5.74) is 0.278. The smallest absolute Gasteiger partial charge is 0.416 e. The number of nitrogens with zero attached hydrogens (tertiary/aromatic N) is 2. The molecule has 0 fully saturated rings. The number of nitrogens with one attached hydrogen (secondary N) is 1. The van der Waals surface area contributed by atoms with Gasteiger partial charge in [-0.3, -0.25) is 0 Å². The van der Waals surface area contributed by atoms with Crippen LogP contribution < -0.4 is 10.1 Å². The fourth-order valence-electron chi connectivity index (χ4n) is 1.95. The highest BCUT2D eigenvalue weighted by molar-refractivity contribution is 5.42. The lowest BCUT2D eigenvalue weighted by atomic mass is 10.2. The quantitative estimate of drug-likeness (QED) is 0.836. The number of aliphatic hydroxyl groups is 1. The van der Waals surface area contributed by atoms with E-state index in [1.54, 1.807) is 19.1 Å². The Kier molecular flexibility index (Phi) is 5.83. The molecule has 0 amide bonds. The van der Waals surface area contributed by atoms with Crippen LogP contribution in [0.2, 0.25) is 0 Å². The van der Waals surface area contributed by atoms with Crippen molar-refractivity contribution in [2.24, 2.45) is 0 Å². The van der Waals surface area contributed by atoms with Gasteiger partial charge in [-0.2, -0.15) is 18.4 Å². The monoisotopic (exact) mass is 351 g/mol. The molecule has 0 aliphatic carbocycles. The summed E-state index contributed by atoms with van der Waals surface area (Å²) in [4.78, 5) is 4.08. The minimum absolute atomic E-state index is 0.102. The predicted molar refractivity (Wildman–Crippen MR) is 85.1 cm³/mol. The Morgan fingerprint density at radius 2 is 1.92 bits per heavy atom. The summed E-state index contributed by atoms with van der Waals surface area (Å²) >= 11 is 0. The normalized spacial score (nSPS) is 12.3. The Morgan fingerprint density at radius 1 is 1.24 bits per heavy atom. The third-order valence-corrected chi connectivity index (χ3v) is 3.35. The van der Waals surface area contributed by atoms with Crippen LogP contribution in [0.15, 0.2) is 36.4 Å². The van der Waals surface area contributed by atoms with E-state index in [0.29, 0.717) is 11.5 Å². The second-order valence-electron chi connectivity index (χ2n) is 5.34. The van der Waals surface area contributed by atoms with Crippen LogP contribution in [-0.2, 0) is 6.18 Å². The molecule has 1 unspecified atom stereocenters. The van der Waals surface area contributed by atoms with Crippen LogP contribution in [-0.4, -0.2) is 29.3 Å². The first-order valence-electron chi connectivity index (χ1n) is 7.39. The second-order valence-corrected chi connectivity index (χ2v) is 5.34. The molecule has 0 saturated carbocycles. The average molecular weight is 351 g/mol. The van der Waals surface area contributed by atoms with Gasteiger partial charge in [0.25, 0.3) is 0 Å². The highest BCUT2D eigenvalue weighted by atomic mass is 19.4. The molecule has 25 heavy (non-hydrogen) atoms. The van der Waals surface area contributed by atoms with Gasteiger partial charge in [-0.1, -0.05) is 6.07 Å². The van der Waals surface area contributed by atoms with Crippen molar-refractivity contribution in [2.45, 2.75) is 19.2 Å². The van der Waals surface area contributed by atoms with Gasteiger partial charge in [0.05, 0.1) is 5.56 Å². The van der Waals surface area contributed by atoms with Gasteiger partial charge in [-0.05, 0) is 42.8 Å². The lowest BCUT2D eigenvalue weighted by molar-refractivity contribution is -0.137. The molecule has 8 heteroatoms. The van der Waals surface area contributed by atoms with E-state index in [0.717, 1.165) is 17.7 Å². The molecule has 2 aromatic rings. The van der Waals surface area contributed by atoms with E-state index in [2.05, 4.69) is 10.3 Å². The molecule has 1 aromatic heterocycles.